The van der Waals surface area contributed by atoms with Crippen molar-refractivity contribution in [3.8, 4) is 5.75 Å². The lowest BCUT2D eigenvalue weighted by atomic mass is 9.89. The Bertz CT molecular complexity index is 964. The summed E-state index contributed by atoms with van der Waals surface area (Å²) in [5.41, 5.74) is 0.717. The van der Waals surface area contributed by atoms with Gasteiger partial charge in [0.25, 0.3) is 0 Å². The van der Waals surface area contributed by atoms with Crippen LogP contribution < -0.4 is 14.8 Å². The Morgan fingerprint density at radius 3 is 2.33 bits per heavy atom. The Labute approximate surface area is 202 Å². The summed E-state index contributed by atoms with van der Waals surface area (Å²) in [4.78, 5) is 11.8. The van der Waals surface area contributed by atoms with Gasteiger partial charge in [0.2, 0.25) is 10.0 Å². The van der Waals surface area contributed by atoms with Gasteiger partial charge in [0, 0.05) is 0 Å². The van der Waals surface area contributed by atoms with Gasteiger partial charge < -0.3 is 15.2 Å². The van der Waals surface area contributed by atoms with Gasteiger partial charge in [-0.15, -0.1) is 12.4 Å². The van der Waals surface area contributed by atoms with E-state index in [1.165, 1.54) is 12.1 Å². The van der Waals surface area contributed by atoms with Crippen molar-refractivity contribution in [2.45, 2.75) is 56.1 Å². The van der Waals surface area contributed by atoms with Gasteiger partial charge in [-0.1, -0.05) is 43.7 Å². The number of carboxylic acids is 1. The fourth-order valence-corrected chi connectivity index (χ4v) is 5.25. The second kappa shape index (κ2) is 12.9. The minimum Gasteiger partial charge on any atom is -0.490 e. The number of ether oxygens (including phenoxy) is 1. The third-order valence-electron chi connectivity index (χ3n) is 5.78. The summed E-state index contributed by atoms with van der Waals surface area (Å²) in [6, 6.07) is 13.8. The fraction of sp³-hybridized carbons (Fsp3) is 0.458. The largest absolute Gasteiger partial charge is 0.490 e. The van der Waals surface area contributed by atoms with Crippen molar-refractivity contribution in [3.05, 3.63) is 60.2 Å². The van der Waals surface area contributed by atoms with Gasteiger partial charge in [0.05, 0.1) is 4.90 Å². The highest BCUT2D eigenvalue weighted by atomic mass is 35.5. The van der Waals surface area contributed by atoms with Crippen molar-refractivity contribution < 1.29 is 23.1 Å². The van der Waals surface area contributed by atoms with Crippen LogP contribution in [0.5, 0.6) is 5.75 Å². The molecule has 0 saturated carbocycles. The van der Waals surface area contributed by atoms with Crippen LogP contribution in [0, 0.1) is 5.92 Å². The van der Waals surface area contributed by atoms with E-state index in [-0.39, 0.29) is 29.8 Å². The lowest BCUT2D eigenvalue weighted by Crippen LogP contribution is -2.42. The number of carbonyl (C=O) groups is 1. The molecule has 1 saturated heterocycles. The molecule has 182 valence electrons. The minimum atomic E-state index is -3.93. The number of nitrogens with one attached hydrogen (secondary N) is 2. The molecule has 33 heavy (non-hydrogen) atoms. The molecule has 2 aromatic carbocycles. The second-order valence-electron chi connectivity index (χ2n) is 8.21. The van der Waals surface area contributed by atoms with Crippen LogP contribution in [-0.2, 0) is 21.2 Å². The molecule has 1 heterocycles. The van der Waals surface area contributed by atoms with Gasteiger partial charge >= 0.3 is 5.97 Å². The first kappa shape index (κ1) is 27.1. The maximum absolute atomic E-state index is 12.5. The zero-order valence-electron chi connectivity index (χ0n) is 18.8. The second-order valence-corrected chi connectivity index (χ2v) is 9.92. The van der Waals surface area contributed by atoms with Crippen molar-refractivity contribution in [2.24, 2.45) is 5.92 Å². The van der Waals surface area contributed by atoms with Crippen molar-refractivity contribution in [1.29, 1.82) is 0 Å². The summed E-state index contributed by atoms with van der Waals surface area (Å²) in [5, 5.41) is 12.9. The predicted octanol–water partition coefficient (Wildman–Crippen LogP) is 3.63. The van der Waals surface area contributed by atoms with Gasteiger partial charge in [-0.25, -0.2) is 8.42 Å². The topological polar surface area (TPSA) is 105 Å². The number of sulfonamides is 1. The maximum Gasteiger partial charge on any atom is 0.322 e. The Balaban J connectivity index is 0.00000385. The van der Waals surface area contributed by atoms with Crippen LogP contribution in [0.3, 0.4) is 0 Å². The average molecular weight is 497 g/mol. The van der Waals surface area contributed by atoms with Crippen molar-refractivity contribution in [2.75, 3.05) is 13.1 Å². The number of aliphatic carboxylic acids is 1. The van der Waals surface area contributed by atoms with E-state index >= 15 is 0 Å². The Kier molecular flexibility index (Phi) is 10.6. The molecule has 0 radical (unpaired) electrons. The molecule has 0 aromatic heterocycles. The van der Waals surface area contributed by atoms with Crippen LogP contribution in [0.2, 0.25) is 0 Å². The van der Waals surface area contributed by atoms with Crippen molar-refractivity contribution in [1.82, 2.24) is 10.0 Å². The molecule has 1 aliphatic heterocycles. The fourth-order valence-electron chi connectivity index (χ4n) is 4.04. The number of hydrogen-bond acceptors (Lipinski definition) is 5. The van der Waals surface area contributed by atoms with Crippen LogP contribution in [0.4, 0.5) is 0 Å². The zero-order chi connectivity index (χ0) is 23.0. The summed E-state index contributed by atoms with van der Waals surface area (Å²) in [5.74, 6) is 0.0564. The molecule has 0 aliphatic carbocycles. The van der Waals surface area contributed by atoms with E-state index in [0.29, 0.717) is 5.92 Å². The SMILES string of the molecule is CCCC(Oc1ccc(CC(NS(=O)(=O)c2ccccc2)C(=O)O)cc1)C1CCNCC1.Cl. The molecular formula is C24H33ClN2O5S. The highest BCUT2D eigenvalue weighted by Gasteiger charge is 2.26. The molecule has 1 aliphatic rings. The summed E-state index contributed by atoms with van der Waals surface area (Å²) in [6.45, 7) is 4.19. The highest BCUT2D eigenvalue weighted by Crippen LogP contribution is 2.25. The predicted molar refractivity (Wildman–Crippen MR) is 130 cm³/mol. The molecule has 3 rings (SSSR count). The number of piperidine rings is 1. The normalized spacial score (nSPS) is 16.4. The van der Waals surface area contributed by atoms with Crippen LogP contribution >= 0.6 is 12.4 Å². The van der Waals surface area contributed by atoms with E-state index in [4.69, 9.17) is 4.74 Å². The molecule has 9 heteroatoms. The van der Waals surface area contributed by atoms with Gasteiger partial charge in [-0.2, -0.15) is 4.72 Å². The molecule has 7 nitrogen and oxygen atoms in total. The van der Waals surface area contributed by atoms with Crippen LogP contribution in [0.25, 0.3) is 0 Å². The third-order valence-corrected chi connectivity index (χ3v) is 7.27. The molecule has 2 atom stereocenters. The van der Waals surface area contributed by atoms with Crippen molar-refractivity contribution >= 4 is 28.4 Å². The monoisotopic (exact) mass is 496 g/mol. The van der Waals surface area contributed by atoms with Gasteiger partial charge in [-0.3, -0.25) is 4.79 Å². The maximum atomic E-state index is 12.5. The number of benzene rings is 2. The standard InChI is InChI=1S/C24H32N2O5S.ClH/c1-2-6-23(19-13-15-25-16-14-19)31-20-11-9-18(10-12-20)17-22(24(27)28)26-32(29,30)21-7-4-3-5-8-21;/h3-5,7-12,19,22-23,25-26H,2,6,13-17H2,1H3,(H,27,28);1H. The lowest BCUT2D eigenvalue weighted by Gasteiger charge is -2.31. The van der Waals surface area contributed by atoms with Gasteiger partial charge in [-0.05, 0) is 74.5 Å². The van der Waals surface area contributed by atoms with Gasteiger partial charge in [0.15, 0.2) is 0 Å². The zero-order valence-corrected chi connectivity index (χ0v) is 20.4. The number of carboxylic acid groups (broad SMARTS) is 1. The smallest absolute Gasteiger partial charge is 0.322 e. The summed E-state index contributed by atoms with van der Waals surface area (Å²) >= 11 is 0. The quantitative estimate of drug-likeness (QED) is 0.439. The van der Waals surface area contributed by atoms with E-state index in [2.05, 4.69) is 17.0 Å². The van der Waals surface area contributed by atoms with E-state index in [9.17, 15) is 18.3 Å². The average Bonchev–Trinajstić information content (AvgIpc) is 2.80. The van der Waals surface area contributed by atoms with Crippen LogP contribution in [0.1, 0.15) is 38.2 Å². The first-order valence-electron chi connectivity index (χ1n) is 11.2. The summed E-state index contributed by atoms with van der Waals surface area (Å²) < 4.78 is 33.6. The number of hydrogen-bond donors (Lipinski definition) is 3. The summed E-state index contributed by atoms with van der Waals surface area (Å²) in [6.07, 6.45) is 4.45. The molecule has 0 bridgehead atoms. The molecular weight excluding hydrogens is 464 g/mol. The Morgan fingerprint density at radius 2 is 1.76 bits per heavy atom. The van der Waals surface area contributed by atoms with E-state index < -0.39 is 22.0 Å². The van der Waals surface area contributed by atoms with E-state index in [0.717, 1.165) is 50.1 Å². The lowest BCUT2D eigenvalue weighted by molar-refractivity contribution is -0.138. The number of rotatable bonds is 11. The molecule has 2 aromatic rings. The molecule has 3 N–H and O–H groups in total. The van der Waals surface area contributed by atoms with Crippen LogP contribution in [0.15, 0.2) is 59.5 Å². The van der Waals surface area contributed by atoms with Crippen LogP contribution in [-0.4, -0.2) is 44.7 Å². The van der Waals surface area contributed by atoms with Crippen molar-refractivity contribution in [3.63, 3.8) is 0 Å². The minimum absolute atomic E-state index is 0. The Morgan fingerprint density at radius 1 is 1.12 bits per heavy atom. The molecule has 1 fully saturated rings. The molecule has 2 unspecified atom stereocenters. The summed E-state index contributed by atoms with van der Waals surface area (Å²) in [7, 11) is -3.93. The van der Waals surface area contributed by atoms with Gasteiger partial charge in [0.1, 0.15) is 17.9 Å². The third kappa shape index (κ3) is 7.99. The Hall–Kier alpha value is -2.13. The first-order chi connectivity index (χ1) is 15.4. The first-order valence-corrected chi connectivity index (χ1v) is 12.6. The van der Waals surface area contributed by atoms with E-state index in [1.807, 2.05) is 12.1 Å². The number of halogens is 1. The van der Waals surface area contributed by atoms with E-state index in [1.54, 1.807) is 30.3 Å². The highest BCUT2D eigenvalue weighted by molar-refractivity contribution is 7.89. The molecule has 0 amide bonds. The molecule has 0 spiro atoms.